The number of hydrogen-bond donors (Lipinski definition) is 3. The molecule has 0 rings (SSSR count). The summed E-state index contributed by atoms with van der Waals surface area (Å²) in [5.41, 5.74) is 9.11. The maximum atomic E-state index is 11.7. The van der Waals surface area contributed by atoms with E-state index >= 15 is 0 Å². The van der Waals surface area contributed by atoms with Crippen molar-refractivity contribution in [3.63, 3.8) is 0 Å². The molecule has 0 spiro atoms. The van der Waals surface area contributed by atoms with Gasteiger partial charge in [0.15, 0.2) is 0 Å². The van der Waals surface area contributed by atoms with Crippen molar-refractivity contribution in [2.24, 2.45) is 11.5 Å². The second kappa shape index (κ2) is 3.97. The van der Waals surface area contributed by atoms with Crippen LogP contribution in [0.3, 0.4) is 0 Å². The second-order valence-electron chi connectivity index (χ2n) is 2.28. The number of carbonyl (C=O) groups excluding carboxylic acids is 2. The summed E-state index contributed by atoms with van der Waals surface area (Å²) >= 11 is 0. The number of primary amides is 2. The number of hydrogen-bond acceptors (Lipinski definition) is 2. The summed E-state index contributed by atoms with van der Waals surface area (Å²) in [7, 11) is 0. The van der Waals surface area contributed by atoms with E-state index in [2.05, 4.69) is 11.5 Å². The lowest BCUT2D eigenvalue weighted by Gasteiger charge is -2.15. The van der Waals surface area contributed by atoms with Crippen LogP contribution in [0.4, 0.5) is 18.0 Å². The van der Waals surface area contributed by atoms with Crippen molar-refractivity contribution < 1.29 is 22.8 Å². The predicted octanol–water partition coefficient (Wildman–Crippen LogP) is -0.539. The summed E-state index contributed by atoms with van der Waals surface area (Å²) in [4.78, 5) is 20.5. The fraction of sp³-hybridized carbons (Fsp3) is 0.600. The van der Waals surface area contributed by atoms with Crippen molar-refractivity contribution in [3.8, 4) is 0 Å². The lowest BCUT2D eigenvalue weighted by molar-refractivity contribution is -0.147. The monoisotopic (exact) mass is 199 g/mol. The molecule has 0 aromatic heterocycles. The first-order valence-electron chi connectivity index (χ1n) is 3.14. The molecule has 76 valence electrons. The molecule has 1 atom stereocenters. The zero-order valence-corrected chi connectivity index (χ0v) is 6.39. The van der Waals surface area contributed by atoms with E-state index in [0.29, 0.717) is 0 Å². The molecule has 3 amide bonds. The van der Waals surface area contributed by atoms with Crippen LogP contribution in [0, 0.1) is 0 Å². The van der Waals surface area contributed by atoms with Crippen LogP contribution in [0.2, 0.25) is 0 Å². The molecular formula is C5H8F3N3O2. The Labute approximate surface area is 71.2 Å². The van der Waals surface area contributed by atoms with Gasteiger partial charge in [-0.3, -0.25) is 4.79 Å². The van der Waals surface area contributed by atoms with Crippen LogP contribution in [-0.4, -0.2) is 24.2 Å². The van der Waals surface area contributed by atoms with Crippen LogP contribution >= 0.6 is 0 Å². The van der Waals surface area contributed by atoms with E-state index in [1.807, 2.05) is 0 Å². The molecule has 13 heavy (non-hydrogen) atoms. The largest absolute Gasteiger partial charge is 0.391 e. The lowest BCUT2D eigenvalue weighted by atomic mass is 10.2. The molecule has 0 heterocycles. The molecule has 0 radical (unpaired) electrons. The SMILES string of the molecule is NC(=O)NC(CC(F)(F)F)C(N)=O. The van der Waals surface area contributed by atoms with E-state index < -0.39 is 30.6 Å². The number of alkyl halides is 3. The van der Waals surface area contributed by atoms with Gasteiger partial charge in [-0.05, 0) is 0 Å². The van der Waals surface area contributed by atoms with E-state index in [0.717, 1.165) is 0 Å². The lowest BCUT2D eigenvalue weighted by Crippen LogP contribution is -2.48. The molecule has 0 saturated heterocycles. The fourth-order valence-corrected chi connectivity index (χ4v) is 0.626. The van der Waals surface area contributed by atoms with Gasteiger partial charge in [0.2, 0.25) is 5.91 Å². The zero-order chi connectivity index (χ0) is 10.6. The van der Waals surface area contributed by atoms with Gasteiger partial charge < -0.3 is 16.8 Å². The number of nitrogens with one attached hydrogen (secondary N) is 1. The van der Waals surface area contributed by atoms with Crippen LogP contribution in [0.5, 0.6) is 0 Å². The minimum Gasteiger partial charge on any atom is -0.368 e. The van der Waals surface area contributed by atoms with Crippen molar-refractivity contribution in [1.82, 2.24) is 5.32 Å². The summed E-state index contributed by atoms with van der Waals surface area (Å²) < 4.78 is 35.1. The first-order chi connectivity index (χ1) is 5.72. The molecule has 5 N–H and O–H groups in total. The van der Waals surface area contributed by atoms with Gasteiger partial charge in [-0.25, -0.2) is 4.79 Å². The third-order valence-electron chi connectivity index (χ3n) is 1.10. The average Bonchev–Trinajstić information content (AvgIpc) is 1.81. The number of urea groups is 1. The van der Waals surface area contributed by atoms with E-state index in [1.165, 1.54) is 0 Å². The van der Waals surface area contributed by atoms with Crippen molar-refractivity contribution in [1.29, 1.82) is 0 Å². The number of nitrogens with two attached hydrogens (primary N) is 2. The Hall–Kier alpha value is -1.47. The highest BCUT2D eigenvalue weighted by molar-refractivity contribution is 5.85. The van der Waals surface area contributed by atoms with Crippen molar-refractivity contribution >= 4 is 11.9 Å². The van der Waals surface area contributed by atoms with Gasteiger partial charge in [0.1, 0.15) is 6.04 Å². The van der Waals surface area contributed by atoms with Gasteiger partial charge in [-0.15, -0.1) is 0 Å². The summed E-state index contributed by atoms with van der Waals surface area (Å²) in [5, 5.41) is 1.58. The minimum absolute atomic E-state index is 1.23. The fourth-order valence-electron chi connectivity index (χ4n) is 0.626. The highest BCUT2D eigenvalue weighted by Gasteiger charge is 2.34. The Kier molecular flexibility index (Phi) is 3.52. The summed E-state index contributed by atoms with van der Waals surface area (Å²) in [6, 6.07) is -3.04. The first-order valence-corrected chi connectivity index (χ1v) is 3.14. The Balaban J connectivity index is 4.27. The molecule has 0 fully saturated rings. The van der Waals surface area contributed by atoms with Crippen molar-refractivity contribution in [2.45, 2.75) is 18.6 Å². The number of rotatable bonds is 3. The van der Waals surface area contributed by atoms with Crippen molar-refractivity contribution in [3.05, 3.63) is 0 Å². The van der Waals surface area contributed by atoms with E-state index in [9.17, 15) is 22.8 Å². The predicted molar refractivity (Wildman–Crippen MR) is 36.4 cm³/mol. The Morgan fingerprint density at radius 1 is 1.31 bits per heavy atom. The zero-order valence-electron chi connectivity index (χ0n) is 6.39. The highest BCUT2D eigenvalue weighted by atomic mass is 19.4. The molecule has 0 aliphatic carbocycles. The van der Waals surface area contributed by atoms with Gasteiger partial charge in [0.05, 0.1) is 6.42 Å². The smallest absolute Gasteiger partial charge is 0.368 e. The molecular weight excluding hydrogens is 191 g/mol. The standard InChI is InChI=1S/C5H8F3N3O2/c6-5(7,8)1-2(3(9)12)11-4(10)13/h2H,1H2,(H2,9,12)(H3,10,11,13). The third kappa shape index (κ3) is 5.76. The molecule has 0 aliphatic rings. The molecule has 1 unspecified atom stereocenters. The number of amides is 3. The van der Waals surface area contributed by atoms with Crippen LogP contribution < -0.4 is 16.8 Å². The molecule has 8 heteroatoms. The summed E-state index contributed by atoms with van der Waals surface area (Å²) in [6.45, 7) is 0. The Bertz CT molecular complexity index is 216. The molecule has 0 saturated carbocycles. The third-order valence-corrected chi connectivity index (χ3v) is 1.10. The number of halogens is 3. The Morgan fingerprint density at radius 2 is 1.77 bits per heavy atom. The maximum Gasteiger partial charge on any atom is 0.391 e. The summed E-state index contributed by atoms with van der Waals surface area (Å²) in [6.07, 6.45) is -6.10. The van der Waals surface area contributed by atoms with E-state index in [-0.39, 0.29) is 0 Å². The normalized spacial score (nSPS) is 13.5. The van der Waals surface area contributed by atoms with Crippen LogP contribution in [0.15, 0.2) is 0 Å². The molecule has 0 aromatic carbocycles. The molecule has 0 aliphatic heterocycles. The van der Waals surface area contributed by atoms with Crippen LogP contribution in [-0.2, 0) is 4.79 Å². The van der Waals surface area contributed by atoms with Crippen LogP contribution in [0.25, 0.3) is 0 Å². The average molecular weight is 199 g/mol. The molecule has 0 bridgehead atoms. The van der Waals surface area contributed by atoms with E-state index in [1.54, 1.807) is 5.32 Å². The van der Waals surface area contributed by atoms with Gasteiger partial charge >= 0.3 is 12.2 Å². The van der Waals surface area contributed by atoms with Gasteiger partial charge in [0.25, 0.3) is 0 Å². The topological polar surface area (TPSA) is 98.2 Å². The summed E-state index contributed by atoms with van der Waals surface area (Å²) in [5.74, 6) is -1.28. The highest BCUT2D eigenvalue weighted by Crippen LogP contribution is 2.21. The minimum atomic E-state index is -4.58. The quantitative estimate of drug-likeness (QED) is 0.568. The number of carbonyl (C=O) groups is 2. The van der Waals surface area contributed by atoms with Gasteiger partial charge in [-0.1, -0.05) is 0 Å². The molecule has 0 aromatic rings. The van der Waals surface area contributed by atoms with E-state index in [4.69, 9.17) is 0 Å². The maximum absolute atomic E-state index is 11.7. The second-order valence-corrected chi connectivity index (χ2v) is 2.28. The van der Waals surface area contributed by atoms with Crippen LogP contribution in [0.1, 0.15) is 6.42 Å². The van der Waals surface area contributed by atoms with Gasteiger partial charge in [0, 0.05) is 0 Å². The Morgan fingerprint density at radius 3 is 2.00 bits per heavy atom. The molecule has 5 nitrogen and oxygen atoms in total. The van der Waals surface area contributed by atoms with Gasteiger partial charge in [-0.2, -0.15) is 13.2 Å². The van der Waals surface area contributed by atoms with Crippen molar-refractivity contribution in [2.75, 3.05) is 0 Å². The first kappa shape index (κ1) is 11.5.